The van der Waals surface area contributed by atoms with E-state index in [1.54, 1.807) is 0 Å². The number of aromatic nitrogens is 3. The minimum absolute atomic E-state index is 0.160. The molecular weight excluding hydrogens is 322 g/mol. The van der Waals surface area contributed by atoms with Crippen LogP contribution in [0.5, 0.6) is 0 Å². The Balaban J connectivity index is 1.58. The number of nitrogens with two attached hydrogens (primary N) is 1. The number of rotatable bonds is 0. The molecule has 26 heavy (non-hydrogen) atoms. The van der Waals surface area contributed by atoms with Gasteiger partial charge >= 0.3 is 0 Å². The Hall–Kier alpha value is -2.01. The van der Waals surface area contributed by atoms with E-state index < -0.39 is 0 Å². The summed E-state index contributed by atoms with van der Waals surface area (Å²) in [4.78, 5) is 14.4. The second-order valence-electron chi connectivity index (χ2n) is 9.19. The summed E-state index contributed by atoms with van der Waals surface area (Å²) in [6.45, 7) is 0.737. The lowest BCUT2D eigenvalue weighted by molar-refractivity contribution is 0.321. The van der Waals surface area contributed by atoms with E-state index in [1.165, 1.54) is 31.2 Å². The van der Waals surface area contributed by atoms with Gasteiger partial charge in [0.05, 0.1) is 0 Å². The van der Waals surface area contributed by atoms with Crippen molar-refractivity contribution in [3.8, 4) is 11.4 Å². The summed E-state index contributed by atoms with van der Waals surface area (Å²) in [7, 11) is 0. The van der Waals surface area contributed by atoms with E-state index in [-0.39, 0.29) is 16.4 Å². The van der Waals surface area contributed by atoms with Crippen molar-refractivity contribution in [3.05, 3.63) is 35.7 Å². The molecule has 2 fully saturated rings. The third-order valence-corrected chi connectivity index (χ3v) is 7.19. The lowest BCUT2D eigenvalue weighted by Crippen LogP contribution is -2.49. The van der Waals surface area contributed by atoms with E-state index in [1.807, 2.05) is 0 Å². The number of hydrogen-bond acceptors (Lipinski definition) is 5. The number of nitrogens with zero attached hydrogens (tertiary/aromatic N) is 3. The van der Waals surface area contributed by atoms with E-state index in [4.69, 9.17) is 20.7 Å². The molecule has 5 nitrogen and oxygen atoms in total. The normalized spacial score (nSPS) is 29.4. The van der Waals surface area contributed by atoms with Crippen molar-refractivity contribution in [2.24, 2.45) is 5.73 Å². The van der Waals surface area contributed by atoms with Gasteiger partial charge in [0.2, 0.25) is 5.95 Å². The van der Waals surface area contributed by atoms with Gasteiger partial charge in [-0.05, 0) is 55.9 Å². The summed E-state index contributed by atoms with van der Waals surface area (Å²) in [6.07, 6.45) is 9.29. The van der Waals surface area contributed by atoms with Crippen molar-refractivity contribution in [1.82, 2.24) is 15.0 Å². The van der Waals surface area contributed by atoms with Gasteiger partial charge in [0.15, 0.2) is 5.82 Å². The van der Waals surface area contributed by atoms with Crippen LogP contribution in [0.3, 0.4) is 0 Å². The Kier molecular flexibility index (Phi) is 2.80. The van der Waals surface area contributed by atoms with Gasteiger partial charge in [-0.25, -0.2) is 4.98 Å². The van der Waals surface area contributed by atoms with Crippen molar-refractivity contribution in [3.63, 3.8) is 0 Å². The first-order valence-electron chi connectivity index (χ1n) is 9.99. The molecule has 2 aromatic rings. The Morgan fingerprint density at radius 2 is 1.62 bits per heavy atom. The van der Waals surface area contributed by atoms with Crippen molar-refractivity contribution < 1.29 is 0 Å². The highest BCUT2D eigenvalue weighted by Crippen LogP contribution is 2.55. The maximum atomic E-state index is 7.00. The second kappa shape index (κ2) is 4.83. The van der Waals surface area contributed by atoms with Crippen LogP contribution < -0.4 is 11.1 Å². The predicted octanol–water partition coefficient (Wildman–Crippen LogP) is 3.30. The van der Waals surface area contributed by atoms with Crippen LogP contribution >= 0.6 is 0 Å². The van der Waals surface area contributed by atoms with Crippen LogP contribution in [-0.4, -0.2) is 27.0 Å². The zero-order valence-electron chi connectivity index (χ0n) is 15.1. The zero-order chi connectivity index (χ0) is 17.4. The molecule has 5 heteroatoms. The largest absolute Gasteiger partial charge is 0.352 e. The zero-order valence-corrected chi connectivity index (χ0v) is 15.1. The first kappa shape index (κ1) is 15.1. The maximum Gasteiger partial charge on any atom is 0.226 e. The molecule has 1 aromatic carbocycles. The molecule has 1 aromatic heterocycles. The highest BCUT2D eigenvalue weighted by atomic mass is 15.2. The van der Waals surface area contributed by atoms with Gasteiger partial charge in [-0.1, -0.05) is 30.7 Å². The van der Waals surface area contributed by atoms with Crippen molar-refractivity contribution in [2.45, 2.75) is 67.7 Å². The van der Waals surface area contributed by atoms with Crippen LogP contribution in [0.1, 0.15) is 62.8 Å². The van der Waals surface area contributed by atoms with Gasteiger partial charge < -0.3 is 11.1 Å². The average molecular weight is 347 g/mol. The molecule has 0 saturated heterocycles. The molecule has 3 N–H and O–H groups in total. The SMILES string of the molecule is NC12CCCC3(CC3)c3nc(nc(n3)-c3ccc(cc3)C3(CC3)C1)NC2. The average Bonchev–Trinajstić information content (AvgIpc) is 3.56. The maximum absolute atomic E-state index is 7.00. The van der Waals surface area contributed by atoms with E-state index >= 15 is 0 Å². The number of nitrogens with one attached hydrogen (secondary N) is 1. The van der Waals surface area contributed by atoms with Crippen molar-refractivity contribution in [2.75, 3.05) is 11.9 Å². The van der Waals surface area contributed by atoms with Crippen LogP contribution in [0.4, 0.5) is 5.95 Å². The number of hydrogen-bond donors (Lipinski definition) is 2. The number of anilines is 1. The molecule has 1 unspecified atom stereocenters. The Bertz CT molecular complexity index is 882. The van der Waals surface area contributed by atoms with Gasteiger partial charge in [0.1, 0.15) is 5.82 Å². The molecule has 2 spiro atoms. The number of fused-ring (bicyclic) bond motifs is 4. The molecule has 134 valence electrons. The molecule has 1 atom stereocenters. The molecule has 3 aliphatic heterocycles. The highest BCUT2D eigenvalue weighted by molar-refractivity contribution is 5.58. The van der Waals surface area contributed by atoms with Gasteiger partial charge in [-0.3, -0.25) is 0 Å². The third kappa shape index (κ3) is 2.22. The Labute approximate surface area is 153 Å². The number of benzene rings is 1. The molecule has 2 aliphatic carbocycles. The molecular formula is C21H25N5. The molecule has 0 radical (unpaired) electrons. The van der Waals surface area contributed by atoms with Gasteiger partial charge in [0.25, 0.3) is 0 Å². The van der Waals surface area contributed by atoms with Crippen LogP contribution in [0.25, 0.3) is 11.4 Å². The van der Waals surface area contributed by atoms with E-state index in [2.05, 4.69) is 29.6 Å². The topological polar surface area (TPSA) is 76.7 Å². The third-order valence-electron chi connectivity index (χ3n) is 7.19. The standard InChI is InChI=1S/C21H25N5/c22-21-7-1-6-19(8-9-19)17-24-16(25-18(26-17)23-13-21)14-2-4-15(5-3-14)20(12-21)10-11-20/h2-5H,1,6-13,22H2,(H,23,24,25,26). The smallest absolute Gasteiger partial charge is 0.226 e. The van der Waals surface area contributed by atoms with Gasteiger partial charge in [0, 0.05) is 23.1 Å². The lowest BCUT2D eigenvalue weighted by Gasteiger charge is -2.36. The fraction of sp³-hybridized carbons (Fsp3) is 0.571. The highest BCUT2D eigenvalue weighted by Gasteiger charge is 2.51. The molecule has 2 saturated carbocycles. The van der Waals surface area contributed by atoms with E-state index in [0.29, 0.717) is 5.95 Å². The van der Waals surface area contributed by atoms with Gasteiger partial charge in [-0.15, -0.1) is 0 Å². The summed E-state index contributed by atoms with van der Waals surface area (Å²) in [6, 6.07) is 8.92. The van der Waals surface area contributed by atoms with Gasteiger partial charge in [-0.2, -0.15) is 9.97 Å². The molecule has 5 aliphatic rings. The van der Waals surface area contributed by atoms with Crippen LogP contribution in [0, 0.1) is 0 Å². The minimum Gasteiger partial charge on any atom is -0.352 e. The second-order valence-corrected chi connectivity index (χ2v) is 9.19. The first-order valence-corrected chi connectivity index (χ1v) is 9.99. The van der Waals surface area contributed by atoms with E-state index in [0.717, 1.165) is 49.4 Å². The van der Waals surface area contributed by atoms with E-state index in [9.17, 15) is 0 Å². The predicted molar refractivity (Wildman–Crippen MR) is 101 cm³/mol. The summed E-state index contributed by atoms with van der Waals surface area (Å²) < 4.78 is 0. The summed E-state index contributed by atoms with van der Waals surface area (Å²) in [5.74, 6) is 2.47. The minimum atomic E-state index is -0.214. The van der Waals surface area contributed by atoms with Crippen molar-refractivity contribution in [1.29, 1.82) is 0 Å². The fourth-order valence-electron chi connectivity index (χ4n) is 5.20. The Morgan fingerprint density at radius 1 is 0.846 bits per heavy atom. The molecule has 6 bridgehead atoms. The molecule has 0 amide bonds. The molecule has 4 heterocycles. The van der Waals surface area contributed by atoms with Crippen LogP contribution in [0.15, 0.2) is 24.3 Å². The summed E-state index contributed by atoms with van der Waals surface area (Å²) in [5.41, 5.74) is 9.74. The fourth-order valence-corrected chi connectivity index (χ4v) is 5.20. The first-order chi connectivity index (χ1) is 12.6. The monoisotopic (exact) mass is 347 g/mol. The summed E-state index contributed by atoms with van der Waals surface area (Å²) in [5, 5.41) is 3.49. The van der Waals surface area contributed by atoms with Crippen molar-refractivity contribution >= 4 is 5.95 Å². The van der Waals surface area contributed by atoms with Crippen LogP contribution in [-0.2, 0) is 10.8 Å². The Morgan fingerprint density at radius 3 is 2.35 bits per heavy atom. The molecule has 7 rings (SSSR count). The van der Waals surface area contributed by atoms with Crippen LogP contribution in [0.2, 0.25) is 0 Å². The lowest BCUT2D eigenvalue weighted by atomic mass is 9.77. The summed E-state index contributed by atoms with van der Waals surface area (Å²) >= 11 is 0. The quantitative estimate of drug-likeness (QED) is 0.765.